The van der Waals surface area contributed by atoms with Gasteiger partial charge < -0.3 is 15.2 Å². The Kier molecular flexibility index (Phi) is 5.92. The van der Waals surface area contributed by atoms with E-state index in [2.05, 4.69) is 4.90 Å². The van der Waals surface area contributed by atoms with Gasteiger partial charge in [-0.25, -0.2) is 0 Å². The summed E-state index contributed by atoms with van der Waals surface area (Å²) >= 11 is 5.82. The fourth-order valence-corrected chi connectivity index (χ4v) is 2.26. The van der Waals surface area contributed by atoms with Crippen molar-refractivity contribution in [2.24, 2.45) is 5.73 Å². The second kappa shape index (κ2) is 7.70. The van der Waals surface area contributed by atoms with Gasteiger partial charge >= 0.3 is 0 Å². The summed E-state index contributed by atoms with van der Waals surface area (Å²) in [5.41, 5.74) is 5.62. The molecule has 2 rings (SSSR count). The number of halogens is 1. The molecule has 1 heterocycles. The van der Waals surface area contributed by atoms with E-state index in [1.807, 2.05) is 24.3 Å². The van der Waals surface area contributed by atoms with E-state index in [0.717, 1.165) is 43.4 Å². The van der Waals surface area contributed by atoms with Crippen molar-refractivity contribution in [1.82, 2.24) is 4.90 Å². The van der Waals surface area contributed by atoms with Crippen LogP contribution in [0.5, 0.6) is 5.75 Å². The quantitative estimate of drug-likeness (QED) is 0.809. The van der Waals surface area contributed by atoms with E-state index in [1.165, 1.54) is 0 Å². The molecule has 1 fully saturated rings. The van der Waals surface area contributed by atoms with Crippen molar-refractivity contribution in [1.29, 1.82) is 0 Å². The molecule has 0 aliphatic carbocycles. The molecular formula is C14H21ClN2O2. The molecule has 1 atom stereocenters. The second-order valence-electron chi connectivity index (χ2n) is 4.69. The average molecular weight is 285 g/mol. The topological polar surface area (TPSA) is 47.7 Å². The van der Waals surface area contributed by atoms with E-state index in [0.29, 0.717) is 13.2 Å². The van der Waals surface area contributed by atoms with Crippen LogP contribution in [-0.4, -0.2) is 50.4 Å². The van der Waals surface area contributed by atoms with Crippen LogP contribution >= 0.6 is 11.6 Å². The Morgan fingerprint density at radius 1 is 1.37 bits per heavy atom. The normalized spacial score (nSPS) is 20.4. The molecule has 2 N–H and O–H groups in total. The number of nitrogens with zero attached hydrogens (tertiary/aromatic N) is 1. The minimum absolute atomic E-state index is 0.186. The number of nitrogens with two attached hydrogens (primary N) is 1. The molecule has 1 aliphatic rings. The van der Waals surface area contributed by atoms with Gasteiger partial charge in [0.1, 0.15) is 5.75 Å². The highest BCUT2D eigenvalue weighted by molar-refractivity contribution is 6.30. The Labute approximate surface area is 119 Å². The maximum Gasteiger partial charge on any atom is 0.119 e. The molecule has 106 valence electrons. The van der Waals surface area contributed by atoms with Crippen molar-refractivity contribution < 1.29 is 9.47 Å². The summed E-state index contributed by atoms with van der Waals surface area (Å²) in [5.74, 6) is 0.867. The predicted octanol–water partition coefficient (Wildman–Crippen LogP) is 1.77. The fourth-order valence-electron chi connectivity index (χ4n) is 2.14. The van der Waals surface area contributed by atoms with E-state index in [1.54, 1.807) is 0 Å². The van der Waals surface area contributed by atoms with Crippen molar-refractivity contribution in [3.05, 3.63) is 29.3 Å². The van der Waals surface area contributed by atoms with Gasteiger partial charge in [0.15, 0.2) is 0 Å². The van der Waals surface area contributed by atoms with E-state index in [9.17, 15) is 0 Å². The second-order valence-corrected chi connectivity index (χ2v) is 5.12. The maximum absolute atomic E-state index is 5.82. The Hall–Kier alpha value is -0.810. The third-order valence-electron chi connectivity index (χ3n) is 3.19. The number of morpholine rings is 1. The van der Waals surface area contributed by atoms with Gasteiger partial charge in [-0.3, -0.25) is 4.90 Å². The zero-order valence-electron chi connectivity index (χ0n) is 11.1. The van der Waals surface area contributed by atoms with Gasteiger partial charge in [-0.15, -0.1) is 0 Å². The van der Waals surface area contributed by atoms with Crippen molar-refractivity contribution >= 4 is 11.6 Å². The van der Waals surface area contributed by atoms with Crippen LogP contribution < -0.4 is 10.5 Å². The Bertz CT molecular complexity index is 372. The molecule has 19 heavy (non-hydrogen) atoms. The highest BCUT2D eigenvalue weighted by Crippen LogP contribution is 2.15. The molecule has 0 amide bonds. The highest BCUT2D eigenvalue weighted by Gasteiger charge is 2.18. The molecule has 1 saturated heterocycles. The molecule has 0 bridgehead atoms. The van der Waals surface area contributed by atoms with Crippen molar-refractivity contribution in [2.45, 2.75) is 12.5 Å². The van der Waals surface area contributed by atoms with Gasteiger partial charge in [0.25, 0.3) is 0 Å². The van der Waals surface area contributed by atoms with Crippen molar-refractivity contribution in [3.63, 3.8) is 0 Å². The lowest BCUT2D eigenvalue weighted by Crippen LogP contribution is -2.46. The molecule has 1 unspecified atom stereocenters. The molecule has 5 heteroatoms. The number of ether oxygens (including phenoxy) is 2. The first-order valence-corrected chi connectivity index (χ1v) is 7.08. The lowest BCUT2D eigenvalue weighted by Gasteiger charge is -2.32. The van der Waals surface area contributed by atoms with E-state index in [4.69, 9.17) is 26.8 Å². The first-order chi connectivity index (χ1) is 9.28. The first-order valence-electron chi connectivity index (χ1n) is 6.70. The summed E-state index contributed by atoms with van der Waals surface area (Å²) < 4.78 is 11.2. The molecule has 1 aliphatic heterocycles. The molecule has 1 aromatic rings. The molecule has 0 radical (unpaired) electrons. The minimum Gasteiger partial charge on any atom is -0.494 e. The summed E-state index contributed by atoms with van der Waals surface area (Å²) in [6.45, 7) is 5.02. The van der Waals surface area contributed by atoms with E-state index >= 15 is 0 Å². The first kappa shape index (κ1) is 14.6. The van der Waals surface area contributed by atoms with Gasteiger partial charge in [0.2, 0.25) is 0 Å². The zero-order chi connectivity index (χ0) is 13.5. The zero-order valence-corrected chi connectivity index (χ0v) is 11.8. The van der Waals surface area contributed by atoms with E-state index < -0.39 is 0 Å². The van der Waals surface area contributed by atoms with Crippen LogP contribution in [0.1, 0.15) is 6.42 Å². The van der Waals surface area contributed by atoms with Crippen LogP contribution in [0.2, 0.25) is 5.02 Å². The minimum atomic E-state index is 0.186. The summed E-state index contributed by atoms with van der Waals surface area (Å²) in [6, 6.07) is 7.46. The Morgan fingerprint density at radius 3 is 2.89 bits per heavy atom. The SMILES string of the molecule is NCC1CN(CCCOc2ccc(Cl)cc2)CCO1. The smallest absolute Gasteiger partial charge is 0.119 e. The largest absolute Gasteiger partial charge is 0.494 e. The van der Waals surface area contributed by atoms with Crippen LogP contribution in [0.3, 0.4) is 0 Å². The molecule has 0 aromatic heterocycles. The van der Waals surface area contributed by atoms with Crippen molar-refractivity contribution in [3.8, 4) is 5.75 Å². The fraction of sp³-hybridized carbons (Fsp3) is 0.571. The summed E-state index contributed by atoms with van der Waals surface area (Å²) in [6.07, 6.45) is 1.19. The summed E-state index contributed by atoms with van der Waals surface area (Å²) in [5, 5.41) is 0.730. The van der Waals surface area contributed by atoms with Crippen LogP contribution in [0, 0.1) is 0 Å². The molecule has 0 saturated carbocycles. The maximum atomic E-state index is 5.82. The monoisotopic (exact) mass is 284 g/mol. The molecular weight excluding hydrogens is 264 g/mol. The van der Waals surface area contributed by atoms with E-state index in [-0.39, 0.29) is 6.10 Å². The number of benzene rings is 1. The standard InChI is InChI=1S/C14H21ClN2O2/c15-12-2-4-13(5-3-12)18-8-1-6-17-7-9-19-14(10-16)11-17/h2-5,14H,1,6-11,16H2. The summed E-state index contributed by atoms with van der Waals surface area (Å²) in [7, 11) is 0. The number of rotatable bonds is 6. The lowest BCUT2D eigenvalue weighted by molar-refractivity contribution is -0.0241. The molecule has 4 nitrogen and oxygen atoms in total. The highest BCUT2D eigenvalue weighted by atomic mass is 35.5. The van der Waals surface area contributed by atoms with Gasteiger partial charge in [0.05, 0.1) is 19.3 Å². The van der Waals surface area contributed by atoms with Crippen LogP contribution in [0.4, 0.5) is 0 Å². The lowest BCUT2D eigenvalue weighted by atomic mass is 10.2. The van der Waals surface area contributed by atoms with Crippen LogP contribution in [0.15, 0.2) is 24.3 Å². The van der Waals surface area contributed by atoms with Crippen molar-refractivity contribution in [2.75, 3.05) is 39.4 Å². The molecule has 1 aromatic carbocycles. The Balaban J connectivity index is 1.62. The van der Waals surface area contributed by atoms with Gasteiger partial charge in [-0.05, 0) is 30.7 Å². The van der Waals surface area contributed by atoms with Crippen LogP contribution in [-0.2, 0) is 4.74 Å². The molecule has 0 spiro atoms. The van der Waals surface area contributed by atoms with Gasteiger partial charge in [-0.1, -0.05) is 11.6 Å². The number of hydrogen-bond donors (Lipinski definition) is 1. The predicted molar refractivity (Wildman–Crippen MR) is 76.8 cm³/mol. The van der Waals surface area contributed by atoms with Gasteiger partial charge in [0, 0.05) is 31.2 Å². The third-order valence-corrected chi connectivity index (χ3v) is 3.44. The third kappa shape index (κ3) is 4.99. The van der Waals surface area contributed by atoms with Crippen LogP contribution in [0.25, 0.3) is 0 Å². The average Bonchev–Trinajstić information content (AvgIpc) is 2.46. The van der Waals surface area contributed by atoms with Gasteiger partial charge in [-0.2, -0.15) is 0 Å². The number of hydrogen-bond acceptors (Lipinski definition) is 4. The summed E-state index contributed by atoms with van der Waals surface area (Å²) in [4.78, 5) is 2.38. The Morgan fingerprint density at radius 2 is 2.16 bits per heavy atom.